The highest BCUT2D eigenvalue weighted by atomic mass is 19.1. The molecule has 1 amide bonds. The van der Waals surface area contributed by atoms with Crippen LogP contribution in [-0.2, 0) is 0 Å². The van der Waals surface area contributed by atoms with Crippen molar-refractivity contribution in [3.8, 4) is 0 Å². The first-order valence-corrected chi connectivity index (χ1v) is 6.67. The Morgan fingerprint density at radius 3 is 2.71 bits per heavy atom. The number of carbonyl (C=O) groups excluding carboxylic acids is 1. The number of nitrogens with one attached hydrogen (secondary N) is 2. The maximum atomic E-state index is 13.0. The van der Waals surface area contributed by atoms with E-state index >= 15 is 0 Å². The van der Waals surface area contributed by atoms with Crippen LogP contribution in [0.25, 0.3) is 0 Å². The van der Waals surface area contributed by atoms with Crippen LogP contribution in [0.5, 0.6) is 0 Å². The molecule has 0 fully saturated rings. The van der Waals surface area contributed by atoms with E-state index in [9.17, 15) is 9.18 Å². The third-order valence-corrected chi connectivity index (χ3v) is 2.66. The van der Waals surface area contributed by atoms with Crippen LogP contribution in [-0.4, -0.2) is 22.4 Å². The number of hydrogen-bond donors (Lipinski definition) is 2. The van der Waals surface area contributed by atoms with Gasteiger partial charge in [-0.2, -0.15) is 0 Å². The van der Waals surface area contributed by atoms with Gasteiger partial charge in [0.05, 0.1) is 12.4 Å². The summed E-state index contributed by atoms with van der Waals surface area (Å²) in [4.78, 5) is 20.1. The second kappa shape index (κ2) is 6.78. The van der Waals surface area contributed by atoms with Crippen molar-refractivity contribution in [1.82, 2.24) is 9.97 Å². The zero-order valence-corrected chi connectivity index (χ0v) is 11.9. The third kappa shape index (κ3) is 4.52. The summed E-state index contributed by atoms with van der Waals surface area (Å²) in [5, 5.41) is 5.68. The first kappa shape index (κ1) is 14.9. The van der Waals surface area contributed by atoms with Crippen LogP contribution in [0.1, 0.15) is 24.3 Å². The molecule has 0 aliphatic heterocycles. The lowest BCUT2D eigenvalue weighted by Gasteiger charge is -2.08. The largest absolute Gasteiger partial charge is 0.369 e. The van der Waals surface area contributed by atoms with E-state index in [1.807, 2.05) is 0 Å². The fourth-order valence-electron chi connectivity index (χ4n) is 1.61. The van der Waals surface area contributed by atoms with Gasteiger partial charge in [-0.3, -0.25) is 4.79 Å². The molecule has 1 aromatic carbocycles. The number of benzene rings is 1. The highest BCUT2D eigenvalue weighted by Gasteiger charge is 2.09. The lowest BCUT2D eigenvalue weighted by molar-refractivity contribution is 0.102. The van der Waals surface area contributed by atoms with Gasteiger partial charge in [-0.1, -0.05) is 19.9 Å². The summed E-state index contributed by atoms with van der Waals surface area (Å²) >= 11 is 0. The second-order valence-electron chi connectivity index (χ2n) is 5.03. The van der Waals surface area contributed by atoms with E-state index in [1.54, 1.807) is 6.07 Å². The van der Waals surface area contributed by atoms with E-state index in [2.05, 4.69) is 34.4 Å². The summed E-state index contributed by atoms with van der Waals surface area (Å²) in [5.41, 5.74) is 0.554. The highest BCUT2D eigenvalue weighted by Crippen LogP contribution is 2.11. The van der Waals surface area contributed by atoms with Crippen molar-refractivity contribution in [2.45, 2.75) is 13.8 Å². The molecule has 0 radical (unpaired) electrons. The normalized spacial score (nSPS) is 10.5. The molecule has 5 nitrogen and oxygen atoms in total. The predicted octanol–water partition coefficient (Wildman–Crippen LogP) is 2.94. The number of nitrogens with zero attached hydrogens (tertiary/aromatic N) is 2. The Kier molecular flexibility index (Phi) is 4.81. The highest BCUT2D eigenvalue weighted by molar-refractivity contribution is 6.02. The maximum absolute atomic E-state index is 13.0. The molecular weight excluding hydrogens is 271 g/mol. The molecule has 0 saturated carbocycles. The molecule has 1 heterocycles. The van der Waals surface area contributed by atoms with Crippen molar-refractivity contribution >= 4 is 17.4 Å². The molecule has 1 aromatic heterocycles. The molecule has 2 aromatic rings. The molecule has 0 aliphatic carbocycles. The van der Waals surface area contributed by atoms with E-state index in [0.717, 1.165) is 6.54 Å². The van der Waals surface area contributed by atoms with E-state index in [1.165, 1.54) is 30.6 Å². The summed E-state index contributed by atoms with van der Waals surface area (Å²) in [5.74, 6) is 0.268. The Morgan fingerprint density at radius 1 is 1.29 bits per heavy atom. The molecule has 6 heteroatoms. The van der Waals surface area contributed by atoms with Gasteiger partial charge in [0, 0.05) is 12.2 Å². The summed E-state index contributed by atoms with van der Waals surface area (Å²) in [6.07, 6.45) is 2.89. The van der Waals surface area contributed by atoms with Crippen LogP contribution in [0, 0.1) is 11.7 Å². The number of aromatic nitrogens is 2. The van der Waals surface area contributed by atoms with E-state index in [0.29, 0.717) is 17.4 Å². The van der Waals surface area contributed by atoms with Gasteiger partial charge in [0.25, 0.3) is 5.91 Å². The van der Waals surface area contributed by atoms with Gasteiger partial charge >= 0.3 is 0 Å². The number of anilines is 2. The van der Waals surface area contributed by atoms with E-state index in [-0.39, 0.29) is 5.69 Å². The smallest absolute Gasteiger partial charge is 0.275 e. The molecule has 0 atom stereocenters. The fraction of sp³-hybridized carbons (Fsp3) is 0.267. The lowest BCUT2D eigenvalue weighted by Crippen LogP contribution is -2.15. The topological polar surface area (TPSA) is 66.9 Å². The average Bonchev–Trinajstić information content (AvgIpc) is 2.45. The van der Waals surface area contributed by atoms with Crippen molar-refractivity contribution in [1.29, 1.82) is 0 Å². The van der Waals surface area contributed by atoms with Crippen molar-refractivity contribution in [3.05, 3.63) is 48.2 Å². The zero-order valence-electron chi connectivity index (χ0n) is 11.9. The summed E-state index contributed by atoms with van der Waals surface area (Å²) in [6, 6.07) is 5.68. The minimum atomic E-state index is -0.427. The fourth-order valence-corrected chi connectivity index (χ4v) is 1.61. The SMILES string of the molecule is CC(C)CNc1cnc(C(=O)Nc2cccc(F)c2)cn1. The number of carbonyl (C=O) groups is 1. The first-order chi connectivity index (χ1) is 10.0. The van der Waals surface area contributed by atoms with Crippen LogP contribution in [0.2, 0.25) is 0 Å². The monoisotopic (exact) mass is 288 g/mol. The Hall–Kier alpha value is -2.50. The lowest BCUT2D eigenvalue weighted by atomic mass is 10.2. The Balaban J connectivity index is 1.99. The van der Waals surface area contributed by atoms with Gasteiger partial charge in [0.1, 0.15) is 17.3 Å². The summed E-state index contributed by atoms with van der Waals surface area (Å²) in [7, 11) is 0. The standard InChI is InChI=1S/C15H17FN4O/c1-10(2)7-18-14-9-17-13(8-19-14)15(21)20-12-5-3-4-11(16)6-12/h3-6,8-10H,7H2,1-2H3,(H,18,19)(H,20,21). The summed E-state index contributed by atoms with van der Waals surface area (Å²) in [6.45, 7) is 4.95. The van der Waals surface area contributed by atoms with Crippen LogP contribution < -0.4 is 10.6 Å². The quantitative estimate of drug-likeness (QED) is 0.887. The first-order valence-electron chi connectivity index (χ1n) is 6.67. The van der Waals surface area contributed by atoms with Gasteiger partial charge in [0.15, 0.2) is 0 Å². The van der Waals surface area contributed by atoms with Crippen molar-refractivity contribution in [2.24, 2.45) is 5.92 Å². The zero-order chi connectivity index (χ0) is 15.2. The molecule has 2 N–H and O–H groups in total. The minimum Gasteiger partial charge on any atom is -0.369 e. The van der Waals surface area contributed by atoms with E-state index in [4.69, 9.17) is 0 Å². The molecule has 0 saturated heterocycles. The summed E-state index contributed by atoms with van der Waals surface area (Å²) < 4.78 is 13.0. The molecule has 110 valence electrons. The van der Waals surface area contributed by atoms with Crippen molar-refractivity contribution < 1.29 is 9.18 Å². The van der Waals surface area contributed by atoms with Crippen LogP contribution in [0.15, 0.2) is 36.7 Å². The van der Waals surface area contributed by atoms with Gasteiger partial charge < -0.3 is 10.6 Å². The predicted molar refractivity (Wildman–Crippen MR) is 79.7 cm³/mol. The molecule has 0 spiro atoms. The average molecular weight is 288 g/mol. The molecular formula is C15H17FN4O. The van der Waals surface area contributed by atoms with Crippen LogP contribution in [0.3, 0.4) is 0 Å². The Labute approximate surface area is 122 Å². The van der Waals surface area contributed by atoms with Gasteiger partial charge in [0.2, 0.25) is 0 Å². The third-order valence-electron chi connectivity index (χ3n) is 2.66. The Bertz CT molecular complexity index is 613. The van der Waals surface area contributed by atoms with Gasteiger partial charge in [-0.15, -0.1) is 0 Å². The van der Waals surface area contributed by atoms with Crippen molar-refractivity contribution in [2.75, 3.05) is 17.2 Å². The number of halogens is 1. The van der Waals surface area contributed by atoms with Crippen LogP contribution >= 0.6 is 0 Å². The molecule has 0 bridgehead atoms. The second-order valence-corrected chi connectivity index (χ2v) is 5.03. The maximum Gasteiger partial charge on any atom is 0.275 e. The van der Waals surface area contributed by atoms with Gasteiger partial charge in [-0.05, 0) is 24.1 Å². The van der Waals surface area contributed by atoms with Gasteiger partial charge in [-0.25, -0.2) is 14.4 Å². The Morgan fingerprint density at radius 2 is 2.10 bits per heavy atom. The molecule has 2 rings (SSSR count). The van der Waals surface area contributed by atoms with Crippen molar-refractivity contribution in [3.63, 3.8) is 0 Å². The molecule has 21 heavy (non-hydrogen) atoms. The minimum absolute atomic E-state index is 0.175. The van der Waals surface area contributed by atoms with E-state index < -0.39 is 11.7 Å². The van der Waals surface area contributed by atoms with Crippen LogP contribution in [0.4, 0.5) is 15.9 Å². The molecule has 0 unspecified atom stereocenters. The number of amides is 1. The number of hydrogen-bond acceptors (Lipinski definition) is 4. The molecule has 0 aliphatic rings. The number of rotatable bonds is 5.